The van der Waals surface area contributed by atoms with Gasteiger partial charge in [-0.2, -0.15) is 0 Å². The summed E-state index contributed by atoms with van der Waals surface area (Å²) in [5, 5.41) is 5.80. The van der Waals surface area contributed by atoms with Crippen molar-refractivity contribution in [3.05, 3.63) is 28.5 Å². The number of nitrogens with one attached hydrogen (secondary N) is 2. The number of anilines is 1. The van der Waals surface area contributed by atoms with Crippen LogP contribution in [0.5, 0.6) is 0 Å². The third kappa shape index (κ3) is 4.44. The molecule has 0 aromatic heterocycles. The van der Waals surface area contributed by atoms with Crippen LogP contribution in [0.3, 0.4) is 0 Å². The number of piperidine rings is 1. The maximum Gasteiger partial charge on any atom is 0.319 e. The van der Waals surface area contributed by atoms with E-state index in [-0.39, 0.29) is 17.9 Å². The van der Waals surface area contributed by atoms with Crippen molar-refractivity contribution >= 4 is 27.6 Å². The van der Waals surface area contributed by atoms with E-state index in [1.807, 2.05) is 0 Å². The number of nitrogens with zero attached hydrogens (tertiary/aromatic N) is 1. The van der Waals surface area contributed by atoms with E-state index < -0.39 is 0 Å². The number of carbonyl (C=O) groups is 1. The first-order chi connectivity index (χ1) is 11.1. The lowest BCUT2D eigenvalue weighted by Crippen LogP contribution is -2.48. The Morgan fingerprint density at radius 3 is 2.52 bits per heavy atom. The number of rotatable bonds is 3. The van der Waals surface area contributed by atoms with Gasteiger partial charge in [0.15, 0.2) is 0 Å². The number of likely N-dealkylation sites (tertiary alicyclic amines) is 1. The predicted octanol–water partition coefficient (Wildman–Crippen LogP) is 4.12. The molecule has 1 heterocycles. The third-order valence-electron chi connectivity index (χ3n) is 4.89. The minimum absolute atomic E-state index is 0.215. The molecule has 2 fully saturated rings. The molecule has 0 bridgehead atoms. The van der Waals surface area contributed by atoms with Crippen molar-refractivity contribution in [2.45, 2.75) is 50.6 Å². The van der Waals surface area contributed by atoms with E-state index in [9.17, 15) is 9.18 Å². The van der Waals surface area contributed by atoms with Gasteiger partial charge < -0.3 is 15.5 Å². The second-order valence-corrected chi connectivity index (χ2v) is 7.33. The highest BCUT2D eigenvalue weighted by Crippen LogP contribution is 2.26. The fourth-order valence-corrected chi connectivity index (χ4v) is 4.06. The minimum atomic E-state index is -0.331. The average Bonchev–Trinajstić information content (AvgIpc) is 3.05. The summed E-state index contributed by atoms with van der Waals surface area (Å²) in [6.45, 7) is 2.13. The van der Waals surface area contributed by atoms with Crippen LogP contribution in [0.1, 0.15) is 38.5 Å². The first-order valence-corrected chi connectivity index (χ1v) is 9.18. The molecule has 1 aromatic carbocycles. The van der Waals surface area contributed by atoms with Crippen molar-refractivity contribution in [2.24, 2.45) is 0 Å². The highest BCUT2D eigenvalue weighted by molar-refractivity contribution is 9.10. The number of urea groups is 1. The molecule has 1 saturated carbocycles. The molecule has 0 unspecified atom stereocenters. The lowest BCUT2D eigenvalue weighted by atomic mass is 10.0. The molecule has 1 saturated heterocycles. The van der Waals surface area contributed by atoms with Gasteiger partial charge >= 0.3 is 6.03 Å². The maximum atomic E-state index is 13.1. The van der Waals surface area contributed by atoms with Crippen molar-refractivity contribution in [3.8, 4) is 0 Å². The van der Waals surface area contributed by atoms with Crippen LogP contribution in [0.2, 0.25) is 0 Å². The molecule has 4 nitrogen and oxygen atoms in total. The summed E-state index contributed by atoms with van der Waals surface area (Å²) >= 11 is 3.26. The number of hydrogen-bond acceptors (Lipinski definition) is 2. The Bertz CT molecular complexity index is 555. The van der Waals surface area contributed by atoms with Gasteiger partial charge in [-0.1, -0.05) is 12.8 Å². The van der Waals surface area contributed by atoms with Crippen LogP contribution in [0.4, 0.5) is 14.9 Å². The van der Waals surface area contributed by atoms with Gasteiger partial charge in [-0.15, -0.1) is 0 Å². The van der Waals surface area contributed by atoms with Crippen molar-refractivity contribution in [3.63, 3.8) is 0 Å². The number of halogens is 2. The van der Waals surface area contributed by atoms with Gasteiger partial charge in [0.1, 0.15) is 5.82 Å². The lowest BCUT2D eigenvalue weighted by molar-refractivity contribution is 0.147. The first-order valence-electron chi connectivity index (χ1n) is 8.38. The monoisotopic (exact) mass is 383 g/mol. The SMILES string of the molecule is O=C(Nc1ccc(F)cc1Br)NC1CCN(C2CCCC2)CC1. The Balaban J connectivity index is 1.45. The van der Waals surface area contributed by atoms with Crippen molar-refractivity contribution in [1.29, 1.82) is 0 Å². The summed E-state index contributed by atoms with van der Waals surface area (Å²) in [4.78, 5) is 14.7. The Kier molecular flexibility index (Phi) is 5.54. The highest BCUT2D eigenvalue weighted by Gasteiger charge is 2.27. The zero-order valence-corrected chi connectivity index (χ0v) is 14.7. The van der Waals surface area contributed by atoms with E-state index in [0.717, 1.165) is 32.0 Å². The van der Waals surface area contributed by atoms with Gasteiger partial charge in [-0.3, -0.25) is 0 Å². The molecule has 1 aliphatic heterocycles. The fraction of sp³-hybridized carbons (Fsp3) is 0.588. The van der Waals surface area contributed by atoms with E-state index in [2.05, 4.69) is 31.5 Å². The normalized spacial score (nSPS) is 20.6. The summed E-state index contributed by atoms with van der Waals surface area (Å²) in [7, 11) is 0. The Labute approximate surface area is 144 Å². The second kappa shape index (κ2) is 7.62. The molecule has 3 rings (SSSR count). The van der Waals surface area contributed by atoms with Gasteiger partial charge in [0.05, 0.1) is 5.69 Å². The quantitative estimate of drug-likeness (QED) is 0.824. The van der Waals surface area contributed by atoms with E-state index in [4.69, 9.17) is 0 Å². The Hall–Kier alpha value is -1.14. The smallest absolute Gasteiger partial charge is 0.319 e. The number of carbonyl (C=O) groups excluding carboxylic acids is 1. The van der Waals surface area contributed by atoms with Crippen molar-refractivity contribution in [2.75, 3.05) is 18.4 Å². The average molecular weight is 384 g/mol. The Morgan fingerprint density at radius 1 is 1.17 bits per heavy atom. The van der Waals surface area contributed by atoms with Crippen LogP contribution in [0.15, 0.2) is 22.7 Å². The summed E-state index contributed by atoms with van der Waals surface area (Å²) < 4.78 is 13.6. The van der Waals surface area contributed by atoms with E-state index in [0.29, 0.717) is 10.2 Å². The summed E-state index contributed by atoms with van der Waals surface area (Å²) in [5.74, 6) is -0.331. The largest absolute Gasteiger partial charge is 0.335 e. The van der Waals surface area contributed by atoms with Crippen molar-refractivity contribution in [1.82, 2.24) is 10.2 Å². The molecular formula is C17H23BrFN3O. The van der Waals surface area contributed by atoms with Crippen LogP contribution in [-0.2, 0) is 0 Å². The van der Waals surface area contributed by atoms with Gasteiger partial charge in [0.25, 0.3) is 0 Å². The lowest BCUT2D eigenvalue weighted by Gasteiger charge is -2.36. The van der Waals surface area contributed by atoms with E-state index >= 15 is 0 Å². The first kappa shape index (κ1) is 16.7. The molecule has 0 spiro atoms. The van der Waals surface area contributed by atoms with Crippen molar-refractivity contribution < 1.29 is 9.18 Å². The molecule has 6 heteroatoms. The molecule has 23 heavy (non-hydrogen) atoms. The summed E-state index contributed by atoms with van der Waals surface area (Å²) in [5.41, 5.74) is 0.576. The van der Waals surface area contributed by atoms with Crippen LogP contribution in [-0.4, -0.2) is 36.1 Å². The van der Waals surface area contributed by atoms with Gasteiger partial charge in [-0.05, 0) is 59.8 Å². The van der Waals surface area contributed by atoms with Crippen LogP contribution in [0, 0.1) is 5.82 Å². The summed E-state index contributed by atoms with van der Waals surface area (Å²) in [6, 6.07) is 4.99. The number of benzene rings is 1. The molecule has 0 radical (unpaired) electrons. The zero-order chi connectivity index (χ0) is 16.2. The molecule has 1 aliphatic carbocycles. The minimum Gasteiger partial charge on any atom is -0.335 e. The molecule has 2 amide bonds. The number of hydrogen-bond donors (Lipinski definition) is 2. The predicted molar refractivity (Wildman–Crippen MR) is 93.1 cm³/mol. The Morgan fingerprint density at radius 2 is 1.87 bits per heavy atom. The standard InChI is InChI=1S/C17H23BrFN3O/c18-15-11-12(19)5-6-16(15)21-17(23)20-13-7-9-22(10-8-13)14-3-1-2-4-14/h5-6,11,13-14H,1-4,7-10H2,(H2,20,21,23). The molecule has 126 valence electrons. The molecule has 1 aromatic rings. The third-order valence-corrected chi connectivity index (χ3v) is 5.54. The van der Waals surface area contributed by atoms with E-state index in [1.165, 1.54) is 37.8 Å². The molecule has 2 aliphatic rings. The van der Waals surface area contributed by atoms with E-state index in [1.54, 1.807) is 6.07 Å². The highest BCUT2D eigenvalue weighted by atomic mass is 79.9. The topological polar surface area (TPSA) is 44.4 Å². The van der Waals surface area contributed by atoms with Crippen LogP contribution in [0.25, 0.3) is 0 Å². The van der Waals surface area contributed by atoms with Gasteiger partial charge in [0, 0.05) is 29.6 Å². The zero-order valence-electron chi connectivity index (χ0n) is 13.2. The summed E-state index contributed by atoms with van der Waals surface area (Å²) in [6.07, 6.45) is 7.37. The van der Waals surface area contributed by atoms with Crippen LogP contribution >= 0.6 is 15.9 Å². The molecular weight excluding hydrogens is 361 g/mol. The maximum absolute atomic E-state index is 13.1. The fourth-order valence-electron chi connectivity index (χ4n) is 3.61. The van der Waals surface area contributed by atoms with Gasteiger partial charge in [-0.25, -0.2) is 9.18 Å². The number of amides is 2. The second-order valence-electron chi connectivity index (χ2n) is 6.47. The van der Waals surface area contributed by atoms with Gasteiger partial charge in [0.2, 0.25) is 0 Å². The van der Waals surface area contributed by atoms with Crippen LogP contribution < -0.4 is 10.6 Å². The molecule has 2 N–H and O–H groups in total. The molecule has 0 atom stereocenters.